The van der Waals surface area contributed by atoms with Gasteiger partial charge in [-0.25, -0.2) is 4.98 Å². The first-order valence-corrected chi connectivity index (χ1v) is 8.58. The second-order valence-corrected chi connectivity index (χ2v) is 7.13. The topological polar surface area (TPSA) is 61.2 Å². The van der Waals surface area contributed by atoms with Gasteiger partial charge >= 0.3 is 5.97 Å². The van der Waals surface area contributed by atoms with Gasteiger partial charge in [-0.05, 0) is 49.6 Å². The van der Waals surface area contributed by atoms with Crippen LogP contribution in [0.5, 0.6) is 0 Å². The zero-order valence-corrected chi connectivity index (χ0v) is 15.3. The van der Waals surface area contributed by atoms with E-state index in [1.165, 1.54) is 7.11 Å². The van der Waals surface area contributed by atoms with E-state index in [4.69, 9.17) is 9.72 Å². The van der Waals surface area contributed by atoms with E-state index in [9.17, 15) is 9.59 Å². The molecule has 2 aromatic carbocycles. The Bertz CT molecular complexity index is 1080. The number of carbonyl (C=O) groups is 2. The highest BCUT2D eigenvalue weighted by atomic mass is 16.5. The summed E-state index contributed by atoms with van der Waals surface area (Å²) in [6, 6.07) is 11.7. The molecule has 26 heavy (non-hydrogen) atoms. The average molecular weight is 348 g/mol. The maximum atomic E-state index is 13.5. The van der Waals surface area contributed by atoms with Gasteiger partial charge in [0.05, 0.1) is 30.0 Å². The second kappa shape index (κ2) is 5.53. The number of aryl methyl sites for hydroxylation is 2. The molecule has 0 fully saturated rings. The molecule has 1 aliphatic heterocycles. The number of carbonyl (C=O) groups excluding carboxylic acids is 2. The normalized spacial score (nSPS) is 18.5. The lowest BCUT2D eigenvalue weighted by molar-refractivity contribution is -0.141. The minimum Gasteiger partial charge on any atom is -0.469 e. The number of imidazole rings is 1. The molecule has 1 aromatic heterocycles. The first-order chi connectivity index (χ1) is 12.4. The number of methoxy groups -OCH3 is 1. The minimum absolute atomic E-state index is 0.0106. The number of hydrogen-bond donors (Lipinski definition) is 0. The quantitative estimate of drug-likeness (QED) is 0.661. The lowest BCUT2D eigenvalue weighted by Gasteiger charge is -2.34. The van der Waals surface area contributed by atoms with Crippen LogP contribution in [0, 0.1) is 13.8 Å². The fraction of sp³-hybridized carbons (Fsp3) is 0.286. The first-order valence-electron chi connectivity index (χ1n) is 8.58. The number of nitrogens with zero attached hydrogens (tertiary/aromatic N) is 2. The molecule has 1 atom stereocenters. The Balaban J connectivity index is 2.06. The van der Waals surface area contributed by atoms with Crippen LogP contribution in [0.3, 0.4) is 0 Å². The van der Waals surface area contributed by atoms with Crippen LogP contribution in [0.2, 0.25) is 0 Å². The molecule has 5 nitrogen and oxygen atoms in total. The Kier molecular flexibility index (Phi) is 3.51. The third kappa shape index (κ3) is 2.13. The number of hydrogen-bond acceptors (Lipinski definition) is 4. The van der Waals surface area contributed by atoms with Gasteiger partial charge in [0, 0.05) is 5.56 Å². The molecule has 1 unspecified atom stereocenters. The zero-order chi connectivity index (χ0) is 18.6. The van der Waals surface area contributed by atoms with E-state index in [-0.39, 0.29) is 12.3 Å². The molecule has 3 aromatic rings. The Hall–Kier alpha value is -2.95. The highest BCUT2D eigenvalue weighted by Crippen LogP contribution is 2.43. The van der Waals surface area contributed by atoms with E-state index in [2.05, 4.69) is 0 Å². The molecule has 5 heteroatoms. The predicted molar refractivity (Wildman–Crippen MR) is 99.3 cm³/mol. The standard InChI is InChI=1S/C21H20N2O3/c1-12-9-16-17(10-13(12)2)23-19(22-16)14-7-5-6-8-15(14)21(3,20(23)25)11-18(24)26-4/h5-10H,11H2,1-4H3. The lowest BCUT2D eigenvalue weighted by atomic mass is 9.74. The van der Waals surface area contributed by atoms with Crippen molar-refractivity contribution in [2.75, 3.05) is 7.11 Å². The van der Waals surface area contributed by atoms with Gasteiger partial charge in [-0.3, -0.25) is 14.2 Å². The van der Waals surface area contributed by atoms with E-state index < -0.39 is 11.4 Å². The lowest BCUT2D eigenvalue weighted by Crippen LogP contribution is -2.42. The van der Waals surface area contributed by atoms with E-state index >= 15 is 0 Å². The summed E-state index contributed by atoms with van der Waals surface area (Å²) in [7, 11) is 1.34. The molecule has 0 aliphatic carbocycles. The molecular formula is C21H20N2O3. The van der Waals surface area contributed by atoms with Crippen LogP contribution in [0.1, 0.15) is 34.8 Å². The highest BCUT2D eigenvalue weighted by Gasteiger charge is 2.45. The van der Waals surface area contributed by atoms with Crippen LogP contribution < -0.4 is 0 Å². The van der Waals surface area contributed by atoms with Crippen LogP contribution in [0.25, 0.3) is 22.4 Å². The summed E-state index contributed by atoms with van der Waals surface area (Å²) in [5, 5.41) is 0. The molecular weight excluding hydrogens is 328 g/mol. The number of aromatic nitrogens is 2. The van der Waals surface area contributed by atoms with Crippen molar-refractivity contribution in [1.82, 2.24) is 9.55 Å². The van der Waals surface area contributed by atoms with Crippen LogP contribution in [-0.2, 0) is 14.9 Å². The second-order valence-electron chi connectivity index (χ2n) is 7.13. The van der Waals surface area contributed by atoms with E-state index in [0.717, 1.165) is 33.3 Å². The minimum atomic E-state index is -0.997. The van der Waals surface area contributed by atoms with Crippen molar-refractivity contribution in [1.29, 1.82) is 0 Å². The van der Waals surface area contributed by atoms with Crippen molar-refractivity contribution < 1.29 is 14.3 Å². The molecule has 2 heterocycles. The average Bonchev–Trinajstić information content (AvgIpc) is 2.98. The zero-order valence-electron chi connectivity index (χ0n) is 15.3. The van der Waals surface area contributed by atoms with Gasteiger partial charge in [0.2, 0.25) is 5.91 Å². The molecule has 0 saturated heterocycles. The summed E-state index contributed by atoms with van der Waals surface area (Å²) < 4.78 is 6.52. The maximum Gasteiger partial charge on any atom is 0.306 e. The Morgan fingerprint density at radius 3 is 2.62 bits per heavy atom. The molecule has 1 aliphatic rings. The van der Waals surface area contributed by atoms with Crippen LogP contribution >= 0.6 is 0 Å². The smallest absolute Gasteiger partial charge is 0.306 e. The van der Waals surface area contributed by atoms with Crippen molar-refractivity contribution in [3.63, 3.8) is 0 Å². The number of rotatable bonds is 2. The summed E-state index contributed by atoms with van der Waals surface area (Å²) in [6.45, 7) is 5.86. The fourth-order valence-corrected chi connectivity index (χ4v) is 3.77. The largest absolute Gasteiger partial charge is 0.469 e. The summed E-state index contributed by atoms with van der Waals surface area (Å²) in [4.78, 5) is 30.3. The Labute approximate surface area is 151 Å². The molecule has 0 amide bonds. The van der Waals surface area contributed by atoms with Gasteiger partial charge in [-0.1, -0.05) is 24.3 Å². The van der Waals surface area contributed by atoms with Crippen molar-refractivity contribution >= 4 is 22.9 Å². The predicted octanol–water partition coefficient (Wildman–Crippen LogP) is 3.79. The third-order valence-electron chi connectivity index (χ3n) is 5.43. The Morgan fingerprint density at radius 2 is 1.88 bits per heavy atom. The highest BCUT2D eigenvalue weighted by molar-refractivity contribution is 6.05. The van der Waals surface area contributed by atoms with Crippen molar-refractivity contribution in [2.24, 2.45) is 0 Å². The molecule has 0 N–H and O–H groups in total. The van der Waals surface area contributed by atoms with Crippen LogP contribution in [-0.4, -0.2) is 28.5 Å². The SMILES string of the molecule is COC(=O)CC1(C)C(=O)n2c(nc3cc(C)c(C)cc32)-c2ccccc21. The van der Waals surface area contributed by atoms with Crippen LogP contribution in [0.4, 0.5) is 0 Å². The Morgan fingerprint density at radius 1 is 1.19 bits per heavy atom. The van der Waals surface area contributed by atoms with Crippen molar-refractivity contribution in [3.05, 3.63) is 53.1 Å². The first kappa shape index (κ1) is 16.5. The summed E-state index contributed by atoms with van der Waals surface area (Å²) >= 11 is 0. The van der Waals surface area contributed by atoms with Crippen LogP contribution in [0.15, 0.2) is 36.4 Å². The van der Waals surface area contributed by atoms with Gasteiger partial charge < -0.3 is 4.74 Å². The molecule has 0 radical (unpaired) electrons. The van der Waals surface area contributed by atoms with E-state index in [1.807, 2.05) is 50.2 Å². The van der Waals surface area contributed by atoms with Gasteiger partial charge in [0.15, 0.2) is 0 Å². The molecule has 132 valence electrons. The monoisotopic (exact) mass is 348 g/mol. The van der Waals surface area contributed by atoms with Gasteiger partial charge in [-0.15, -0.1) is 0 Å². The third-order valence-corrected chi connectivity index (χ3v) is 5.43. The van der Waals surface area contributed by atoms with E-state index in [1.54, 1.807) is 11.5 Å². The van der Waals surface area contributed by atoms with E-state index in [0.29, 0.717) is 5.82 Å². The van der Waals surface area contributed by atoms with Gasteiger partial charge in [0.25, 0.3) is 0 Å². The number of fused-ring (bicyclic) bond motifs is 5. The number of benzene rings is 2. The maximum absolute atomic E-state index is 13.5. The summed E-state index contributed by atoms with van der Waals surface area (Å²) in [5.74, 6) is 0.0749. The van der Waals surface area contributed by atoms with Crippen molar-refractivity contribution in [2.45, 2.75) is 32.6 Å². The molecule has 0 saturated carbocycles. The molecule has 0 spiro atoms. The molecule has 4 rings (SSSR count). The number of esters is 1. The van der Waals surface area contributed by atoms with Crippen molar-refractivity contribution in [3.8, 4) is 11.4 Å². The fourth-order valence-electron chi connectivity index (χ4n) is 3.77. The number of ether oxygens (including phenoxy) is 1. The van der Waals surface area contributed by atoms with Gasteiger partial charge in [0.1, 0.15) is 5.82 Å². The van der Waals surface area contributed by atoms with Gasteiger partial charge in [-0.2, -0.15) is 0 Å². The molecule has 0 bridgehead atoms. The summed E-state index contributed by atoms with van der Waals surface area (Å²) in [6.07, 6.45) is -0.0106. The summed E-state index contributed by atoms with van der Waals surface area (Å²) in [5.41, 5.74) is 4.49.